The van der Waals surface area contributed by atoms with Crippen molar-refractivity contribution in [2.45, 2.75) is 19.4 Å². The third-order valence-corrected chi connectivity index (χ3v) is 2.13. The summed E-state index contributed by atoms with van der Waals surface area (Å²) in [7, 11) is 0. The molecule has 0 aliphatic carbocycles. The number of aliphatic hydroxyl groups excluding tert-OH is 1. The van der Waals surface area contributed by atoms with E-state index in [0.717, 1.165) is 5.69 Å². The summed E-state index contributed by atoms with van der Waals surface area (Å²) in [5, 5.41) is 12.8. The molecule has 0 saturated heterocycles. The third kappa shape index (κ3) is 3.44. The molecule has 78 valence electrons. The number of nitrogens with one attached hydrogen (secondary N) is 1. The van der Waals surface area contributed by atoms with Crippen molar-refractivity contribution in [3.05, 3.63) is 23.2 Å². The Balaban J connectivity index is 2.51. The Labute approximate surface area is 88.9 Å². The fourth-order valence-electron chi connectivity index (χ4n) is 1.11. The topological polar surface area (TPSA) is 58.3 Å². The molecule has 14 heavy (non-hydrogen) atoms. The Morgan fingerprint density at radius 3 is 2.86 bits per heavy atom. The van der Waals surface area contributed by atoms with Gasteiger partial charge in [-0.25, -0.2) is 0 Å². The summed E-state index contributed by atoms with van der Waals surface area (Å²) >= 11 is 5.75. The summed E-state index contributed by atoms with van der Waals surface area (Å²) in [6.07, 6.45) is 0.401. The molecule has 3 nitrogen and oxygen atoms in total. The molecule has 0 heterocycles. The lowest BCUT2D eigenvalue weighted by Crippen LogP contribution is -2.10. The zero-order valence-electron chi connectivity index (χ0n) is 8.13. The predicted molar refractivity (Wildman–Crippen MR) is 60.7 cm³/mol. The van der Waals surface area contributed by atoms with Gasteiger partial charge in [0.05, 0.1) is 17.5 Å². The molecule has 0 fully saturated rings. The van der Waals surface area contributed by atoms with Crippen molar-refractivity contribution in [3.8, 4) is 0 Å². The highest BCUT2D eigenvalue weighted by atomic mass is 35.5. The molecule has 0 aromatic heterocycles. The Bertz CT molecular complexity index is 302. The number of nitrogen functional groups attached to an aromatic ring is 1. The van der Waals surface area contributed by atoms with Crippen molar-refractivity contribution in [1.82, 2.24) is 0 Å². The van der Waals surface area contributed by atoms with Gasteiger partial charge in [0, 0.05) is 11.6 Å². The van der Waals surface area contributed by atoms with Gasteiger partial charge in [-0.3, -0.25) is 0 Å². The Hall–Kier alpha value is -0.930. The molecule has 0 aliphatic heterocycles. The molecular formula is C10H15ClN2O. The van der Waals surface area contributed by atoms with E-state index in [1.807, 2.05) is 6.07 Å². The Morgan fingerprint density at radius 2 is 2.29 bits per heavy atom. The van der Waals surface area contributed by atoms with E-state index in [4.69, 9.17) is 22.4 Å². The minimum Gasteiger partial charge on any atom is -0.397 e. The van der Waals surface area contributed by atoms with Crippen LogP contribution in [0.15, 0.2) is 18.2 Å². The van der Waals surface area contributed by atoms with Gasteiger partial charge in [0.2, 0.25) is 0 Å². The second kappa shape index (κ2) is 5.08. The van der Waals surface area contributed by atoms with Gasteiger partial charge in [0.15, 0.2) is 0 Å². The average Bonchev–Trinajstić information content (AvgIpc) is 2.08. The van der Waals surface area contributed by atoms with Crippen LogP contribution in [0.3, 0.4) is 0 Å². The number of rotatable bonds is 4. The summed E-state index contributed by atoms with van der Waals surface area (Å²) in [6.45, 7) is 2.45. The van der Waals surface area contributed by atoms with Crippen LogP contribution in [0.25, 0.3) is 0 Å². The SMILES string of the molecule is CC(O)CCNc1ccc(Cl)cc1N. The van der Waals surface area contributed by atoms with E-state index < -0.39 is 0 Å². The monoisotopic (exact) mass is 214 g/mol. The first-order valence-electron chi connectivity index (χ1n) is 4.56. The summed E-state index contributed by atoms with van der Waals surface area (Å²) in [5.41, 5.74) is 7.21. The van der Waals surface area contributed by atoms with Crippen molar-refractivity contribution in [2.24, 2.45) is 0 Å². The normalized spacial score (nSPS) is 12.5. The maximum Gasteiger partial charge on any atom is 0.0574 e. The molecule has 0 saturated carbocycles. The van der Waals surface area contributed by atoms with Crippen molar-refractivity contribution in [1.29, 1.82) is 0 Å². The van der Waals surface area contributed by atoms with E-state index in [9.17, 15) is 0 Å². The van der Waals surface area contributed by atoms with Crippen molar-refractivity contribution in [3.63, 3.8) is 0 Å². The van der Waals surface area contributed by atoms with E-state index in [-0.39, 0.29) is 6.10 Å². The highest BCUT2D eigenvalue weighted by Gasteiger charge is 2.00. The zero-order chi connectivity index (χ0) is 10.6. The lowest BCUT2D eigenvalue weighted by molar-refractivity contribution is 0.189. The summed E-state index contributed by atoms with van der Waals surface area (Å²) in [6, 6.07) is 5.31. The number of hydrogen-bond donors (Lipinski definition) is 3. The van der Waals surface area contributed by atoms with Gasteiger partial charge in [0.1, 0.15) is 0 Å². The molecular weight excluding hydrogens is 200 g/mol. The minimum atomic E-state index is -0.295. The van der Waals surface area contributed by atoms with Gasteiger partial charge < -0.3 is 16.2 Å². The lowest BCUT2D eigenvalue weighted by Gasteiger charge is -2.10. The zero-order valence-corrected chi connectivity index (χ0v) is 8.88. The first-order chi connectivity index (χ1) is 6.59. The molecule has 1 unspecified atom stereocenters. The number of halogens is 1. The molecule has 4 heteroatoms. The smallest absolute Gasteiger partial charge is 0.0574 e. The van der Waals surface area contributed by atoms with Gasteiger partial charge in [-0.1, -0.05) is 11.6 Å². The fraction of sp³-hybridized carbons (Fsp3) is 0.400. The largest absolute Gasteiger partial charge is 0.397 e. The second-order valence-electron chi connectivity index (χ2n) is 3.30. The maximum absolute atomic E-state index is 9.05. The van der Waals surface area contributed by atoms with Crippen LogP contribution >= 0.6 is 11.6 Å². The lowest BCUT2D eigenvalue weighted by atomic mass is 10.2. The first-order valence-corrected chi connectivity index (χ1v) is 4.94. The standard InChI is InChI=1S/C10H15ClN2O/c1-7(14)4-5-13-10-3-2-8(11)6-9(10)12/h2-3,6-7,13-14H,4-5,12H2,1H3. The first kappa shape index (κ1) is 11.1. The molecule has 0 radical (unpaired) electrons. The van der Waals surface area contributed by atoms with Crippen LogP contribution < -0.4 is 11.1 Å². The molecule has 4 N–H and O–H groups in total. The molecule has 0 spiro atoms. The van der Waals surface area contributed by atoms with E-state index in [0.29, 0.717) is 23.7 Å². The van der Waals surface area contributed by atoms with Gasteiger partial charge in [-0.15, -0.1) is 0 Å². The molecule has 0 bridgehead atoms. The number of hydrogen-bond acceptors (Lipinski definition) is 3. The van der Waals surface area contributed by atoms with Crippen molar-refractivity contribution >= 4 is 23.0 Å². The van der Waals surface area contributed by atoms with Crippen molar-refractivity contribution in [2.75, 3.05) is 17.6 Å². The summed E-state index contributed by atoms with van der Waals surface area (Å²) in [4.78, 5) is 0. The number of anilines is 2. The van der Waals surface area contributed by atoms with E-state index in [1.165, 1.54) is 0 Å². The fourth-order valence-corrected chi connectivity index (χ4v) is 1.29. The van der Waals surface area contributed by atoms with Gasteiger partial charge >= 0.3 is 0 Å². The highest BCUT2D eigenvalue weighted by molar-refractivity contribution is 6.31. The van der Waals surface area contributed by atoms with Gasteiger partial charge in [-0.05, 0) is 31.5 Å². The molecule has 1 aromatic carbocycles. The predicted octanol–water partition coefficient (Wildman–Crippen LogP) is 2.10. The van der Waals surface area contributed by atoms with Crippen LogP contribution in [0.2, 0.25) is 5.02 Å². The quantitative estimate of drug-likeness (QED) is 0.673. The third-order valence-electron chi connectivity index (χ3n) is 1.89. The molecule has 1 aromatic rings. The summed E-state index contributed by atoms with van der Waals surface area (Å²) < 4.78 is 0. The van der Waals surface area contributed by atoms with Crippen LogP contribution in [0, 0.1) is 0 Å². The van der Waals surface area contributed by atoms with Gasteiger partial charge in [-0.2, -0.15) is 0 Å². The molecule has 1 rings (SSSR count). The van der Waals surface area contributed by atoms with Crippen LogP contribution in [0.5, 0.6) is 0 Å². The van der Waals surface area contributed by atoms with Crippen LogP contribution in [0.1, 0.15) is 13.3 Å². The maximum atomic E-state index is 9.05. The van der Waals surface area contributed by atoms with E-state index in [2.05, 4.69) is 5.32 Å². The number of nitrogens with two attached hydrogens (primary N) is 1. The van der Waals surface area contributed by atoms with Crippen LogP contribution in [0.4, 0.5) is 11.4 Å². The Morgan fingerprint density at radius 1 is 1.57 bits per heavy atom. The van der Waals surface area contributed by atoms with E-state index >= 15 is 0 Å². The van der Waals surface area contributed by atoms with E-state index in [1.54, 1.807) is 19.1 Å². The molecule has 1 atom stereocenters. The van der Waals surface area contributed by atoms with Crippen LogP contribution in [-0.4, -0.2) is 17.8 Å². The second-order valence-corrected chi connectivity index (χ2v) is 3.73. The minimum absolute atomic E-state index is 0.295. The van der Waals surface area contributed by atoms with Crippen LogP contribution in [-0.2, 0) is 0 Å². The number of benzene rings is 1. The molecule has 0 amide bonds. The molecule has 0 aliphatic rings. The Kier molecular flexibility index (Phi) is 4.04. The highest BCUT2D eigenvalue weighted by Crippen LogP contribution is 2.22. The number of aliphatic hydroxyl groups is 1. The van der Waals surface area contributed by atoms with Crippen molar-refractivity contribution < 1.29 is 5.11 Å². The average molecular weight is 215 g/mol. The summed E-state index contributed by atoms with van der Waals surface area (Å²) in [5.74, 6) is 0. The van der Waals surface area contributed by atoms with Gasteiger partial charge in [0.25, 0.3) is 0 Å².